The highest BCUT2D eigenvalue weighted by Crippen LogP contribution is 2.33. The number of benzene rings is 1. The van der Waals surface area contributed by atoms with E-state index >= 15 is 0 Å². The average molecular weight is 588 g/mol. The minimum Gasteiger partial charge on any atom is -0.365 e. The van der Waals surface area contributed by atoms with Crippen molar-refractivity contribution < 1.29 is 18.0 Å². The lowest BCUT2D eigenvalue weighted by Crippen LogP contribution is -2.57. The third kappa shape index (κ3) is 6.67. The maximum Gasteiger partial charge on any atom is 0.393 e. The molecule has 1 aromatic carbocycles. The van der Waals surface area contributed by atoms with Gasteiger partial charge >= 0.3 is 6.18 Å². The maximum atomic E-state index is 13.1. The number of hydrogen-bond donors (Lipinski definition) is 3. The van der Waals surface area contributed by atoms with Crippen molar-refractivity contribution in [2.75, 3.05) is 38.6 Å². The van der Waals surface area contributed by atoms with Crippen LogP contribution in [0.4, 0.5) is 19.0 Å². The van der Waals surface area contributed by atoms with Crippen molar-refractivity contribution in [3.8, 4) is 0 Å². The van der Waals surface area contributed by atoms with Gasteiger partial charge < -0.3 is 20.5 Å². The van der Waals surface area contributed by atoms with E-state index in [9.17, 15) is 13.2 Å². The number of aromatic nitrogens is 3. The molecule has 12 heteroatoms. The molecule has 0 bridgehead atoms. The van der Waals surface area contributed by atoms with E-state index in [-0.39, 0.29) is 17.0 Å². The van der Waals surface area contributed by atoms with Gasteiger partial charge in [-0.2, -0.15) is 18.2 Å². The van der Waals surface area contributed by atoms with Crippen LogP contribution in [0.15, 0.2) is 36.7 Å². The van der Waals surface area contributed by atoms with Crippen molar-refractivity contribution >= 4 is 38.3 Å². The summed E-state index contributed by atoms with van der Waals surface area (Å²) in [6.07, 6.45) is -0.727. The van der Waals surface area contributed by atoms with Crippen molar-refractivity contribution in [3.63, 3.8) is 0 Å². The van der Waals surface area contributed by atoms with Crippen LogP contribution >= 0.6 is 11.3 Å². The second kappa shape index (κ2) is 11.8. The van der Waals surface area contributed by atoms with E-state index in [1.807, 2.05) is 5.06 Å². The SMILES string of the molecule is CON1CCC[C@@H]1CNC1CN(Cc2ccc3[nH]c(C)cc3c2)CCC1Nc1ncnc2sc(CC(F)(F)F)cc12. The molecule has 0 aliphatic carbocycles. The van der Waals surface area contributed by atoms with Gasteiger partial charge in [0.15, 0.2) is 0 Å². The van der Waals surface area contributed by atoms with E-state index in [1.54, 1.807) is 13.2 Å². The highest BCUT2D eigenvalue weighted by molar-refractivity contribution is 7.18. The van der Waals surface area contributed by atoms with Gasteiger partial charge in [-0.15, -0.1) is 11.3 Å². The summed E-state index contributed by atoms with van der Waals surface area (Å²) < 4.78 is 39.2. The van der Waals surface area contributed by atoms with E-state index in [1.165, 1.54) is 17.3 Å². The number of hydroxylamine groups is 2. The van der Waals surface area contributed by atoms with Gasteiger partial charge in [-0.1, -0.05) is 6.07 Å². The highest BCUT2D eigenvalue weighted by Gasteiger charge is 2.33. The Kier molecular flexibility index (Phi) is 8.19. The van der Waals surface area contributed by atoms with Crippen molar-refractivity contribution in [3.05, 3.63) is 52.8 Å². The van der Waals surface area contributed by atoms with E-state index in [2.05, 4.69) is 61.7 Å². The van der Waals surface area contributed by atoms with E-state index in [0.29, 0.717) is 22.1 Å². The molecule has 3 N–H and O–H groups in total. The molecule has 2 saturated heterocycles. The molecule has 5 heterocycles. The standard InChI is InChI=1S/C29H36F3N7OS/c1-18-10-20-11-19(5-6-24(20)36-18)15-38-9-7-25(26(16-38)33-14-21-4-3-8-39(21)40-2)37-27-23-12-22(13-29(30,31)32)41-28(23)35-17-34-27/h5-6,10-12,17,21,25-26,33,36H,3-4,7-9,13-16H2,1-2H3,(H,34,35,37)/t21-,25?,26?/m1/s1. The topological polar surface area (TPSA) is 81.3 Å². The fourth-order valence-electron chi connectivity index (χ4n) is 6.25. The molecule has 6 rings (SSSR count). The molecule has 3 aromatic heterocycles. The van der Waals surface area contributed by atoms with Crippen LogP contribution in [0.25, 0.3) is 21.1 Å². The zero-order valence-corrected chi connectivity index (χ0v) is 24.1. The molecule has 2 aliphatic rings. The van der Waals surface area contributed by atoms with Crippen LogP contribution in [0.1, 0.15) is 35.4 Å². The lowest BCUT2D eigenvalue weighted by atomic mass is 9.97. The second-order valence-corrected chi connectivity index (χ2v) is 12.3. The summed E-state index contributed by atoms with van der Waals surface area (Å²) in [7, 11) is 1.72. The summed E-state index contributed by atoms with van der Waals surface area (Å²) in [5.74, 6) is 0.595. The number of H-pyrrole nitrogens is 1. The minimum atomic E-state index is -4.26. The van der Waals surface area contributed by atoms with Crippen LogP contribution in [0.3, 0.4) is 0 Å². The first-order chi connectivity index (χ1) is 19.7. The number of piperidine rings is 1. The van der Waals surface area contributed by atoms with E-state index in [4.69, 9.17) is 4.84 Å². The fraction of sp³-hybridized carbons (Fsp3) is 0.517. The number of anilines is 1. The predicted octanol–water partition coefficient (Wildman–Crippen LogP) is 5.26. The number of alkyl halides is 3. The third-order valence-corrected chi connectivity index (χ3v) is 9.22. The molecule has 0 radical (unpaired) electrons. The van der Waals surface area contributed by atoms with Crippen LogP contribution in [-0.4, -0.2) is 82.5 Å². The Balaban J connectivity index is 1.19. The Bertz CT molecular complexity index is 1490. The van der Waals surface area contributed by atoms with E-state index < -0.39 is 12.6 Å². The van der Waals surface area contributed by atoms with Crippen molar-refractivity contribution in [2.45, 2.75) is 63.5 Å². The summed E-state index contributed by atoms with van der Waals surface area (Å²) in [5.41, 5.74) is 3.58. The van der Waals surface area contributed by atoms with Crippen LogP contribution < -0.4 is 10.6 Å². The number of thiophene rings is 1. The zero-order valence-electron chi connectivity index (χ0n) is 23.3. The number of aryl methyl sites for hydroxylation is 1. The van der Waals surface area contributed by atoms with Crippen LogP contribution in [0.2, 0.25) is 0 Å². The first kappa shape index (κ1) is 28.4. The summed E-state index contributed by atoms with van der Waals surface area (Å²) in [4.78, 5) is 21.0. The number of aromatic amines is 1. The Morgan fingerprint density at radius 3 is 2.83 bits per heavy atom. The molecule has 0 spiro atoms. The quantitative estimate of drug-likeness (QED) is 0.247. The zero-order chi connectivity index (χ0) is 28.6. The summed E-state index contributed by atoms with van der Waals surface area (Å²) in [6.45, 7) is 6.37. The van der Waals surface area contributed by atoms with Gasteiger partial charge in [0.1, 0.15) is 17.0 Å². The van der Waals surface area contributed by atoms with Gasteiger partial charge in [0.2, 0.25) is 0 Å². The Morgan fingerprint density at radius 2 is 2.00 bits per heavy atom. The maximum absolute atomic E-state index is 13.1. The number of nitrogens with one attached hydrogen (secondary N) is 3. The molecule has 2 fully saturated rings. The minimum absolute atomic E-state index is 0.0579. The first-order valence-electron chi connectivity index (χ1n) is 14.2. The summed E-state index contributed by atoms with van der Waals surface area (Å²) in [6, 6.07) is 10.8. The highest BCUT2D eigenvalue weighted by atomic mass is 32.1. The number of nitrogens with zero attached hydrogens (tertiary/aromatic N) is 4. The molecule has 8 nitrogen and oxygen atoms in total. The first-order valence-corrected chi connectivity index (χ1v) is 15.0. The normalized spacial score (nSPS) is 22.7. The Hall–Kier alpha value is -2.77. The summed E-state index contributed by atoms with van der Waals surface area (Å²) in [5, 5.41) is 11.3. The molecule has 0 saturated carbocycles. The molecular formula is C29H36F3N7OS. The third-order valence-electron chi connectivity index (χ3n) is 8.17. The van der Waals surface area contributed by atoms with Crippen LogP contribution in [0, 0.1) is 6.92 Å². The second-order valence-electron chi connectivity index (χ2n) is 11.2. The lowest BCUT2D eigenvalue weighted by molar-refractivity contribution is -0.140. The molecule has 0 amide bonds. The smallest absolute Gasteiger partial charge is 0.365 e. The molecule has 2 unspecified atom stereocenters. The number of hydrogen-bond acceptors (Lipinski definition) is 8. The summed E-state index contributed by atoms with van der Waals surface area (Å²) >= 11 is 1.08. The van der Waals surface area contributed by atoms with Crippen molar-refractivity contribution in [1.29, 1.82) is 0 Å². The molecule has 2 aliphatic heterocycles. The number of likely N-dealkylation sites (tertiary alicyclic amines) is 1. The van der Waals surface area contributed by atoms with Gasteiger partial charge in [0, 0.05) is 66.9 Å². The molecular weight excluding hydrogens is 551 g/mol. The van der Waals surface area contributed by atoms with Crippen LogP contribution in [-0.2, 0) is 17.8 Å². The van der Waals surface area contributed by atoms with Gasteiger partial charge in [-0.25, -0.2) is 9.97 Å². The molecule has 220 valence electrons. The average Bonchev–Trinajstić information content (AvgIpc) is 3.64. The monoisotopic (exact) mass is 587 g/mol. The lowest BCUT2D eigenvalue weighted by Gasteiger charge is -2.40. The Labute approximate surface area is 241 Å². The van der Waals surface area contributed by atoms with Gasteiger partial charge in [-0.05, 0) is 61.4 Å². The largest absolute Gasteiger partial charge is 0.393 e. The van der Waals surface area contributed by atoms with E-state index in [0.717, 1.165) is 74.5 Å². The van der Waals surface area contributed by atoms with Crippen LogP contribution in [0.5, 0.6) is 0 Å². The van der Waals surface area contributed by atoms with Gasteiger partial charge in [-0.3, -0.25) is 4.90 Å². The molecule has 4 aromatic rings. The predicted molar refractivity (Wildman–Crippen MR) is 156 cm³/mol. The number of halogens is 3. The molecule has 3 atom stereocenters. The van der Waals surface area contributed by atoms with Crippen molar-refractivity contribution in [2.24, 2.45) is 0 Å². The van der Waals surface area contributed by atoms with Crippen molar-refractivity contribution in [1.82, 2.24) is 30.2 Å². The Morgan fingerprint density at radius 1 is 1.12 bits per heavy atom. The number of fused-ring (bicyclic) bond motifs is 2. The fourth-order valence-corrected chi connectivity index (χ4v) is 7.27. The molecule has 41 heavy (non-hydrogen) atoms. The van der Waals surface area contributed by atoms with Gasteiger partial charge in [0.05, 0.1) is 18.9 Å². The number of rotatable bonds is 9. The van der Waals surface area contributed by atoms with Gasteiger partial charge in [0.25, 0.3) is 0 Å².